The molecule has 2 heterocycles. The fourth-order valence-electron chi connectivity index (χ4n) is 5.56. The molecule has 3 aliphatic rings. The van der Waals surface area contributed by atoms with E-state index in [1.54, 1.807) is 31.4 Å². The van der Waals surface area contributed by atoms with Crippen LogP contribution in [0.15, 0.2) is 68.1 Å². The first kappa shape index (κ1) is 32.5. The van der Waals surface area contributed by atoms with Gasteiger partial charge in [-0.2, -0.15) is 0 Å². The zero-order valence-electron chi connectivity index (χ0n) is 25.1. The number of aliphatic hydroxyl groups excluding tert-OH is 1. The van der Waals surface area contributed by atoms with E-state index in [1.165, 1.54) is 12.3 Å². The van der Waals surface area contributed by atoms with E-state index in [9.17, 15) is 32.7 Å². The van der Waals surface area contributed by atoms with Crippen molar-refractivity contribution in [2.75, 3.05) is 13.7 Å². The molecule has 1 aliphatic heterocycles. The minimum Gasteiger partial charge on any atom is -0.510 e. The van der Waals surface area contributed by atoms with E-state index < -0.39 is 74.3 Å². The zero-order valence-corrected chi connectivity index (χ0v) is 25.9. The van der Waals surface area contributed by atoms with Gasteiger partial charge in [0.1, 0.15) is 29.2 Å². The Hall–Kier alpha value is -4.92. The first-order valence-electron chi connectivity index (χ1n) is 14.5. The lowest BCUT2D eigenvalue weighted by Crippen LogP contribution is -2.58. The van der Waals surface area contributed by atoms with Crippen LogP contribution >= 0.6 is 0 Å². The molecule has 0 spiro atoms. The maximum atomic E-state index is 13.9. The zero-order chi connectivity index (χ0) is 33.4. The summed E-state index contributed by atoms with van der Waals surface area (Å²) in [6.45, 7) is 10.3. The van der Waals surface area contributed by atoms with E-state index >= 15 is 0 Å². The predicted molar refractivity (Wildman–Crippen MR) is 166 cm³/mol. The van der Waals surface area contributed by atoms with Crippen molar-refractivity contribution in [1.82, 2.24) is 25.2 Å². The number of sulfonamides is 1. The topological polar surface area (TPSA) is 193 Å². The molecule has 1 aromatic carbocycles. The lowest BCUT2D eigenvalue weighted by molar-refractivity contribution is -0.141. The van der Waals surface area contributed by atoms with Crippen molar-refractivity contribution in [3.63, 3.8) is 0 Å². The SMILES string of the molecule is C=CC(=O)N[C@H](C(=C)O)C(=O)N1C[C@H](Oc2nccc3cc(OC)ccc23)C[C@H]1C(=O)N[C@]1(C(=O)NS(=O)(=O)C2CC2)C[C@H]1C=C. The van der Waals surface area contributed by atoms with Gasteiger partial charge >= 0.3 is 0 Å². The molecule has 5 atom stereocenters. The highest BCUT2D eigenvalue weighted by Crippen LogP contribution is 2.45. The molecule has 4 N–H and O–H groups in total. The Morgan fingerprint density at radius 3 is 2.54 bits per heavy atom. The Bertz CT molecular complexity index is 1740. The van der Waals surface area contributed by atoms with Crippen molar-refractivity contribution >= 4 is 44.4 Å². The van der Waals surface area contributed by atoms with Crippen molar-refractivity contribution in [3.8, 4) is 11.6 Å². The van der Waals surface area contributed by atoms with Crippen LogP contribution in [-0.2, 0) is 29.2 Å². The third-order valence-electron chi connectivity index (χ3n) is 8.36. The molecule has 46 heavy (non-hydrogen) atoms. The van der Waals surface area contributed by atoms with Gasteiger partial charge in [-0.05, 0) is 55.0 Å². The number of carbonyl (C=O) groups is 4. The number of pyridine rings is 1. The number of nitrogens with one attached hydrogen (secondary N) is 3. The molecule has 5 rings (SSSR count). The Balaban J connectivity index is 1.42. The maximum Gasteiger partial charge on any atom is 0.259 e. The van der Waals surface area contributed by atoms with Crippen LogP contribution in [0.1, 0.15) is 25.7 Å². The van der Waals surface area contributed by atoms with Gasteiger partial charge in [0.05, 0.1) is 18.9 Å². The van der Waals surface area contributed by atoms with Gasteiger partial charge in [-0.1, -0.05) is 19.2 Å². The molecule has 1 saturated heterocycles. The van der Waals surface area contributed by atoms with E-state index in [4.69, 9.17) is 9.47 Å². The summed E-state index contributed by atoms with van der Waals surface area (Å²) in [4.78, 5) is 58.4. The van der Waals surface area contributed by atoms with Crippen molar-refractivity contribution in [1.29, 1.82) is 0 Å². The molecule has 0 radical (unpaired) electrons. The van der Waals surface area contributed by atoms with Gasteiger partial charge in [0.25, 0.3) is 11.8 Å². The molecule has 244 valence electrons. The number of rotatable bonds is 13. The molecule has 0 bridgehead atoms. The number of aliphatic hydroxyl groups is 1. The second-order valence-corrected chi connectivity index (χ2v) is 13.5. The molecule has 2 saturated carbocycles. The number of methoxy groups -OCH3 is 1. The van der Waals surface area contributed by atoms with Crippen LogP contribution in [0, 0.1) is 5.92 Å². The van der Waals surface area contributed by atoms with Crippen molar-refractivity contribution in [3.05, 3.63) is 68.1 Å². The number of hydrogen-bond donors (Lipinski definition) is 4. The number of ether oxygens (including phenoxy) is 2. The largest absolute Gasteiger partial charge is 0.510 e. The molecule has 2 aliphatic carbocycles. The molecule has 1 aromatic heterocycles. The number of benzene rings is 1. The minimum atomic E-state index is -3.91. The second kappa shape index (κ2) is 12.5. The number of hydrogen-bond acceptors (Lipinski definition) is 10. The summed E-state index contributed by atoms with van der Waals surface area (Å²) < 4.78 is 38.6. The van der Waals surface area contributed by atoms with Gasteiger partial charge < -0.3 is 30.1 Å². The summed E-state index contributed by atoms with van der Waals surface area (Å²) in [7, 11) is -2.37. The van der Waals surface area contributed by atoms with Crippen LogP contribution in [0.2, 0.25) is 0 Å². The van der Waals surface area contributed by atoms with Crippen molar-refractivity contribution < 1.29 is 42.2 Å². The Kier molecular flexibility index (Phi) is 8.80. The van der Waals surface area contributed by atoms with Crippen LogP contribution < -0.4 is 24.8 Å². The smallest absolute Gasteiger partial charge is 0.259 e. The molecule has 4 amide bonds. The van der Waals surface area contributed by atoms with E-state index in [2.05, 4.69) is 40.1 Å². The first-order chi connectivity index (χ1) is 21.8. The van der Waals surface area contributed by atoms with Crippen LogP contribution in [0.5, 0.6) is 11.6 Å². The number of aromatic nitrogens is 1. The third-order valence-corrected chi connectivity index (χ3v) is 10.2. The highest BCUT2D eigenvalue weighted by molar-refractivity contribution is 7.91. The molecule has 2 aromatic rings. The fourth-order valence-corrected chi connectivity index (χ4v) is 6.92. The van der Waals surface area contributed by atoms with Gasteiger partial charge in [0, 0.05) is 23.9 Å². The molecular formula is C31H35N5O9S. The Morgan fingerprint density at radius 1 is 1.20 bits per heavy atom. The summed E-state index contributed by atoms with van der Waals surface area (Å²) in [6, 6.07) is 4.18. The van der Waals surface area contributed by atoms with Gasteiger partial charge in [0.15, 0.2) is 6.04 Å². The number of likely N-dealkylation sites (tertiary alicyclic amines) is 1. The summed E-state index contributed by atoms with van der Waals surface area (Å²) in [5.41, 5.74) is -1.60. The maximum absolute atomic E-state index is 13.9. The molecule has 0 unspecified atom stereocenters. The van der Waals surface area contributed by atoms with E-state index in [-0.39, 0.29) is 25.3 Å². The van der Waals surface area contributed by atoms with Gasteiger partial charge in [-0.15, -0.1) is 6.58 Å². The van der Waals surface area contributed by atoms with E-state index in [0.717, 1.165) is 16.4 Å². The average Bonchev–Trinajstić information content (AvgIpc) is 3.96. The number of fused-ring (bicyclic) bond motifs is 1. The predicted octanol–water partition coefficient (Wildman–Crippen LogP) is 1.00. The Morgan fingerprint density at radius 2 is 1.93 bits per heavy atom. The van der Waals surface area contributed by atoms with Gasteiger partial charge in [-0.3, -0.25) is 23.9 Å². The van der Waals surface area contributed by atoms with Gasteiger partial charge in [-0.25, -0.2) is 13.4 Å². The lowest BCUT2D eigenvalue weighted by Gasteiger charge is -2.29. The summed E-state index contributed by atoms with van der Waals surface area (Å²) >= 11 is 0. The Labute approximate surface area is 265 Å². The monoisotopic (exact) mass is 653 g/mol. The minimum absolute atomic E-state index is 0.0668. The number of nitrogens with zero attached hydrogens (tertiary/aromatic N) is 2. The van der Waals surface area contributed by atoms with Crippen LogP contribution in [0.25, 0.3) is 10.8 Å². The van der Waals surface area contributed by atoms with Crippen LogP contribution in [0.4, 0.5) is 0 Å². The summed E-state index contributed by atoms with van der Waals surface area (Å²) in [6.07, 6.45) is 4.01. The average molecular weight is 654 g/mol. The van der Waals surface area contributed by atoms with Gasteiger partial charge in [0.2, 0.25) is 27.7 Å². The normalized spacial score (nSPS) is 24.3. The first-order valence-corrected chi connectivity index (χ1v) is 16.1. The fraction of sp³-hybridized carbons (Fsp3) is 0.387. The molecule has 15 heteroatoms. The van der Waals surface area contributed by atoms with Crippen LogP contribution in [0.3, 0.4) is 0 Å². The van der Waals surface area contributed by atoms with E-state index in [1.807, 2.05) is 0 Å². The quantitative estimate of drug-likeness (QED) is 0.138. The highest BCUT2D eigenvalue weighted by atomic mass is 32.2. The third kappa shape index (κ3) is 6.40. The summed E-state index contributed by atoms with van der Waals surface area (Å²) in [5, 5.41) is 15.9. The summed E-state index contributed by atoms with van der Waals surface area (Å²) in [5.74, 6) is -3.67. The molecule has 3 fully saturated rings. The lowest BCUT2D eigenvalue weighted by atomic mass is 10.1. The van der Waals surface area contributed by atoms with Crippen molar-refractivity contribution in [2.24, 2.45) is 5.92 Å². The molecular weight excluding hydrogens is 618 g/mol. The second-order valence-electron chi connectivity index (χ2n) is 11.5. The standard InChI is InChI=1S/C31H35N5O9S/c1-5-19-15-31(19,30(41)35-46(42,43)22-8-9-22)34-27(39)24-14-21(16-36(24)29(40)26(17(3)37)33-25(38)6-2)45-28-23-10-7-20(44-4)13-18(23)11-12-32-28/h5-7,10-13,19,21-22,24,26,37H,1-3,8-9,14-16H2,4H3,(H,33,38)(H,34,39)(H,35,41)/t19-,21-,24+,26-,31-/m1/s1. The molecule has 14 nitrogen and oxygen atoms in total. The highest BCUT2D eigenvalue weighted by Gasteiger charge is 2.62. The van der Waals surface area contributed by atoms with Crippen molar-refractivity contribution in [2.45, 2.75) is 54.7 Å². The number of amides is 4. The van der Waals surface area contributed by atoms with Crippen LogP contribution in [-0.4, -0.2) is 89.7 Å². The number of carbonyl (C=O) groups excluding carboxylic acids is 4. The van der Waals surface area contributed by atoms with E-state index in [0.29, 0.717) is 24.0 Å².